The highest BCUT2D eigenvalue weighted by molar-refractivity contribution is 9.10. The summed E-state index contributed by atoms with van der Waals surface area (Å²) in [5.41, 5.74) is 1.54. The highest BCUT2D eigenvalue weighted by Gasteiger charge is 2.22. The van der Waals surface area contributed by atoms with E-state index < -0.39 is 0 Å². The van der Waals surface area contributed by atoms with Gasteiger partial charge in [-0.2, -0.15) is 0 Å². The number of benzene rings is 2. The third kappa shape index (κ3) is 5.23. The monoisotopic (exact) mass is 432 g/mol. The van der Waals surface area contributed by atoms with Crippen molar-refractivity contribution in [1.29, 1.82) is 0 Å². The Morgan fingerprint density at radius 2 is 2.11 bits per heavy atom. The van der Waals surface area contributed by atoms with Crippen LogP contribution in [0.5, 0.6) is 11.5 Å². The zero-order valence-corrected chi connectivity index (χ0v) is 16.6. The number of nitrogens with one attached hydrogen (secondary N) is 1. The fraction of sp³-hybridized carbons (Fsp3) is 0.300. The normalized spacial score (nSPS) is 13.6. The van der Waals surface area contributed by atoms with Crippen molar-refractivity contribution in [2.45, 2.75) is 19.4 Å². The molecule has 2 aromatic carbocycles. The lowest BCUT2D eigenvalue weighted by Crippen LogP contribution is -2.33. The summed E-state index contributed by atoms with van der Waals surface area (Å²) >= 11 is 3.44. The Morgan fingerprint density at radius 3 is 2.85 bits per heavy atom. The fourth-order valence-corrected chi connectivity index (χ4v) is 3.34. The Labute approximate surface area is 166 Å². The summed E-state index contributed by atoms with van der Waals surface area (Å²) in [6, 6.07) is 12.9. The van der Waals surface area contributed by atoms with E-state index in [1.54, 1.807) is 24.1 Å². The average molecular weight is 433 g/mol. The lowest BCUT2D eigenvalue weighted by Gasteiger charge is -2.15. The summed E-state index contributed by atoms with van der Waals surface area (Å²) in [5, 5.41) is 2.81. The number of likely N-dealkylation sites (tertiary alicyclic amines) is 1. The molecule has 0 bridgehead atoms. The van der Waals surface area contributed by atoms with Gasteiger partial charge in [-0.15, -0.1) is 0 Å². The number of hydrogen-bond donors (Lipinski definition) is 1. The van der Waals surface area contributed by atoms with Gasteiger partial charge in [-0.3, -0.25) is 9.59 Å². The van der Waals surface area contributed by atoms with Crippen LogP contribution in [0, 0.1) is 0 Å². The molecule has 2 aromatic rings. The Bertz CT molecular complexity index is 840. The van der Waals surface area contributed by atoms with Crippen LogP contribution in [-0.4, -0.2) is 36.9 Å². The van der Waals surface area contributed by atoms with Gasteiger partial charge in [0.1, 0.15) is 18.1 Å². The van der Waals surface area contributed by atoms with Crippen molar-refractivity contribution in [1.82, 2.24) is 4.90 Å². The maximum Gasteiger partial charge on any atom is 0.243 e. The number of methoxy groups -OCH3 is 1. The van der Waals surface area contributed by atoms with Gasteiger partial charge in [0.05, 0.1) is 13.7 Å². The van der Waals surface area contributed by atoms with Gasteiger partial charge >= 0.3 is 0 Å². The van der Waals surface area contributed by atoms with Crippen molar-refractivity contribution in [3.8, 4) is 11.5 Å². The Hall–Kier alpha value is -2.54. The number of carbonyl (C=O) groups is 2. The molecular weight excluding hydrogens is 412 g/mol. The van der Waals surface area contributed by atoms with Crippen LogP contribution < -0.4 is 14.8 Å². The van der Waals surface area contributed by atoms with Crippen molar-refractivity contribution in [2.24, 2.45) is 0 Å². The molecule has 0 saturated carbocycles. The minimum Gasteiger partial charge on any atom is -0.496 e. The molecule has 142 valence electrons. The van der Waals surface area contributed by atoms with E-state index in [9.17, 15) is 9.59 Å². The van der Waals surface area contributed by atoms with Crippen LogP contribution in [0.25, 0.3) is 0 Å². The lowest BCUT2D eigenvalue weighted by atomic mass is 10.2. The van der Waals surface area contributed by atoms with Gasteiger partial charge in [0.15, 0.2) is 0 Å². The van der Waals surface area contributed by atoms with E-state index in [2.05, 4.69) is 21.2 Å². The zero-order valence-electron chi connectivity index (χ0n) is 15.0. The van der Waals surface area contributed by atoms with Gasteiger partial charge in [-0.05, 0) is 36.8 Å². The van der Waals surface area contributed by atoms with E-state index >= 15 is 0 Å². The van der Waals surface area contributed by atoms with Gasteiger partial charge in [0, 0.05) is 34.8 Å². The third-order valence-corrected chi connectivity index (χ3v) is 4.75. The lowest BCUT2D eigenvalue weighted by molar-refractivity contribution is -0.131. The number of anilines is 1. The minimum atomic E-state index is -0.212. The van der Waals surface area contributed by atoms with Gasteiger partial charge in [-0.25, -0.2) is 0 Å². The van der Waals surface area contributed by atoms with Crippen LogP contribution in [0.1, 0.15) is 18.4 Å². The van der Waals surface area contributed by atoms with Crippen LogP contribution >= 0.6 is 15.9 Å². The number of nitrogens with zero attached hydrogens (tertiary/aromatic N) is 1. The zero-order chi connectivity index (χ0) is 19.2. The topological polar surface area (TPSA) is 67.9 Å². The van der Waals surface area contributed by atoms with Gasteiger partial charge in [-0.1, -0.05) is 22.0 Å². The molecule has 1 heterocycles. The molecule has 2 amide bonds. The number of carbonyl (C=O) groups excluding carboxylic acids is 2. The molecule has 1 saturated heterocycles. The van der Waals surface area contributed by atoms with E-state index in [1.165, 1.54) is 0 Å². The second-order valence-corrected chi connectivity index (χ2v) is 7.16. The van der Waals surface area contributed by atoms with Crippen LogP contribution in [0.3, 0.4) is 0 Å². The average Bonchev–Trinajstić information content (AvgIpc) is 3.05. The molecule has 3 rings (SSSR count). The fourth-order valence-electron chi connectivity index (χ4n) is 2.93. The first-order chi connectivity index (χ1) is 13.0. The smallest absolute Gasteiger partial charge is 0.243 e. The van der Waals surface area contributed by atoms with Crippen LogP contribution in [0.15, 0.2) is 46.9 Å². The van der Waals surface area contributed by atoms with Crippen molar-refractivity contribution in [2.75, 3.05) is 25.5 Å². The summed E-state index contributed by atoms with van der Waals surface area (Å²) < 4.78 is 12.1. The standard InChI is InChI=1S/C20H21BrN2O4/c1-26-18-8-7-15(21)10-14(18)13-27-17-5-2-4-16(11-17)22-19(24)12-23-9-3-6-20(23)25/h2,4-5,7-8,10-11H,3,6,9,12-13H2,1H3,(H,22,24). The number of rotatable bonds is 7. The first kappa shape index (κ1) is 19.2. The molecule has 1 fully saturated rings. The molecule has 6 nitrogen and oxygen atoms in total. The van der Waals surface area contributed by atoms with E-state index in [4.69, 9.17) is 9.47 Å². The maximum atomic E-state index is 12.2. The largest absolute Gasteiger partial charge is 0.496 e. The number of amides is 2. The molecule has 0 atom stereocenters. The molecule has 0 spiro atoms. The second-order valence-electron chi connectivity index (χ2n) is 6.24. The van der Waals surface area contributed by atoms with E-state index in [-0.39, 0.29) is 18.4 Å². The van der Waals surface area contributed by atoms with Crippen LogP contribution in [-0.2, 0) is 16.2 Å². The van der Waals surface area contributed by atoms with Crippen molar-refractivity contribution in [3.05, 3.63) is 52.5 Å². The number of hydrogen-bond acceptors (Lipinski definition) is 4. The summed E-state index contributed by atoms with van der Waals surface area (Å²) in [4.78, 5) is 25.4. The third-order valence-electron chi connectivity index (χ3n) is 4.26. The van der Waals surface area contributed by atoms with Crippen molar-refractivity contribution in [3.63, 3.8) is 0 Å². The van der Waals surface area contributed by atoms with E-state index in [0.717, 1.165) is 22.2 Å². The molecule has 0 aliphatic carbocycles. The first-order valence-electron chi connectivity index (χ1n) is 8.68. The molecule has 1 N–H and O–H groups in total. The van der Waals surface area contributed by atoms with Gasteiger partial charge in [0.25, 0.3) is 0 Å². The van der Waals surface area contributed by atoms with Gasteiger partial charge in [0.2, 0.25) is 11.8 Å². The predicted octanol–water partition coefficient (Wildman–Crippen LogP) is 3.60. The molecule has 0 aromatic heterocycles. The summed E-state index contributed by atoms with van der Waals surface area (Å²) in [6.45, 7) is 1.06. The second kappa shape index (κ2) is 8.90. The molecule has 27 heavy (non-hydrogen) atoms. The molecule has 1 aliphatic rings. The van der Waals surface area contributed by atoms with E-state index in [1.807, 2.05) is 30.3 Å². The molecule has 0 unspecified atom stereocenters. The Balaban J connectivity index is 1.59. The van der Waals surface area contributed by atoms with Crippen LogP contribution in [0.2, 0.25) is 0 Å². The molecular formula is C20H21BrN2O4. The van der Waals surface area contributed by atoms with Gasteiger partial charge < -0.3 is 19.7 Å². The summed E-state index contributed by atoms with van der Waals surface area (Å²) in [7, 11) is 1.62. The quantitative estimate of drug-likeness (QED) is 0.725. The highest BCUT2D eigenvalue weighted by Crippen LogP contribution is 2.25. The molecule has 0 radical (unpaired) electrons. The van der Waals surface area contributed by atoms with E-state index in [0.29, 0.717) is 31.0 Å². The number of ether oxygens (including phenoxy) is 2. The summed E-state index contributed by atoms with van der Waals surface area (Å²) in [5.74, 6) is 1.20. The summed E-state index contributed by atoms with van der Waals surface area (Å²) in [6.07, 6.45) is 1.34. The molecule has 1 aliphatic heterocycles. The number of halogens is 1. The SMILES string of the molecule is COc1ccc(Br)cc1COc1cccc(NC(=O)CN2CCCC2=O)c1. The minimum absolute atomic E-state index is 0.0326. The maximum absolute atomic E-state index is 12.2. The van der Waals surface area contributed by atoms with Crippen molar-refractivity contribution < 1.29 is 19.1 Å². The first-order valence-corrected chi connectivity index (χ1v) is 9.47. The molecule has 7 heteroatoms. The van der Waals surface area contributed by atoms with Crippen molar-refractivity contribution >= 4 is 33.4 Å². The highest BCUT2D eigenvalue weighted by atomic mass is 79.9. The van der Waals surface area contributed by atoms with Crippen LogP contribution in [0.4, 0.5) is 5.69 Å². The Kier molecular flexibility index (Phi) is 6.34. The Morgan fingerprint density at radius 1 is 1.26 bits per heavy atom. The predicted molar refractivity (Wildman–Crippen MR) is 106 cm³/mol.